The molecule has 0 aliphatic rings. The van der Waals surface area contributed by atoms with E-state index in [0.29, 0.717) is 5.69 Å². The first-order chi connectivity index (χ1) is 14.7. The highest BCUT2D eigenvalue weighted by atomic mass is 32.2. The number of carbonyl (C=O) groups is 2. The number of hydrogen-bond acceptors (Lipinski definition) is 7. The van der Waals surface area contributed by atoms with Crippen molar-refractivity contribution >= 4 is 52.0 Å². The molecule has 30 heavy (non-hydrogen) atoms. The van der Waals surface area contributed by atoms with Crippen LogP contribution in [0.25, 0.3) is 10.6 Å². The van der Waals surface area contributed by atoms with Gasteiger partial charge in [0.2, 0.25) is 0 Å². The molecule has 0 bridgehead atoms. The second kappa shape index (κ2) is 9.71. The van der Waals surface area contributed by atoms with Crippen molar-refractivity contribution in [2.24, 2.45) is 0 Å². The number of thiazole rings is 1. The SMILES string of the molecule is O=C(COC(=O)c1csc(-c2ccsc2)n1)Nc1ccccc1Sc1ccccc1. The molecule has 2 aromatic carbocycles. The first kappa shape index (κ1) is 20.3. The van der Waals surface area contributed by atoms with Crippen molar-refractivity contribution in [1.82, 2.24) is 4.98 Å². The zero-order valence-electron chi connectivity index (χ0n) is 15.6. The van der Waals surface area contributed by atoms with Gasteiger partial charge in [-0.25, -0.2) is 9.78 Å². The highest BCUT2D eigenvalue weighted by molar-refractivity contribution is 7.99. The van der Waals surface area contributed by atoms with Gasteiger partial charge in [0.15, 0.2) is 12.3 Å². The van der Waals surface area contributed by atoms with E-state index < -0.39 is 11.9 Å². The Kier molecular flexibility index (Phi) is 6.58. The molecule has 0 unspecified atom stereocenters. The standard InChI is InChI=1S/C22H16N2O3S3/c25-20(12-27-22(26)18-14-29-21(24-18)15-10-11-28-13-15)23-17-8-4-5-9-19(17)30-16-6-2-1-3-7-16/h1-11,13-14H,12H2,(H,23,25). The molecule has 150 valence electrons. The van der Waals surface area contributed by atoms with Gasteiger partial charge in [0.05, 0.1) is 5.69 Å². The van der Waals surface area contributed by atoms with Crippen molar-refractivity contribution in [1.29, 1.82) is 0 Å². The van der Waals surface area contributed by atoms with Gasteiger partial charge < -0.3 is 10.1 Å². The lowest BCUT2D eigenvalue weighted by Gasteiger charge is -2.11. The summed E-state index contributed by atoms with van der Waals surface area (Å²) < 4.78 is 5.14. The fourth-order valence-electron chi connectivity index (χ4n) is 2.55. The van der Waals surface area contributed by atoms with Gasteiger partial charge in [-0.15, -0.1) is 11.3 Å². The molecule has 2 heterocycles. The fourth-order valence-corrected chi connectivity index (χ4v) is 4.98. The van der Waals surface area contributed by atoms with E-state index in [2.05, 4.69) is 10.3 Å². The van der Waals surface area contributed by atoms with Gasteiger partial charge in [-0.1, -0.05) is 42.1 Å². The summed E-state index contributed by atoms with van der Waals surface area (Å²) in [5.41, 5.74) is 1.84. The summed E-state index contributed by atoms with van der Waals surface area (Å²) in [7, 11) is 0. The zero-order chi connectivity index (χ0) is 20.8. The normalized spacial score (nSPS) is 10.5. The monoisotopic (exact) mass is 452 g/mol. The van der Waals surface area contributed by atoms with Gasteiger partial charge in [-0.05, 0) is 35.7 Å². The molecule has 5 nitrogen and oxygen atoms in total. The van der Waals surface area contributed by atoms with E-state index in [1.807, 2.05) is 71.4 Å². The Labute approximate surface area is 185 Å². The van der Waals surface area contributed by atoms with E-state index in [-0.39, 0.29) is 12.3 Å². The maximum absolute atomic E-state index is 12.3. The Balaban J connectivity index is 1.35. The molecule has 0 fully saturated rings. The van der Waals surface area contributed by atoms with Gasteiger partial charge in [0.25, 0.3) is 5.91 Å². The van der Waals surface area contributed by atoms with Crippen molar-refractivity contribution in [2.75, 3.05) is 11.9 Å². The number of para-hydroxylation sites is 1. The predicted molar refractivity (Wildman–Crippen MR) is 121 cm³/mol. The van der Waals surface area contributed by atoms with E-state index in [1.54, 1.807) is 28.5 Å². The van der Waals surface area contributed by atoms with Gasteiger partial charge in [0, 0.05) is 26.1 Å². The summed E-state index contributed by atoms with van der Waals surface area (Å²) in [6.07, 6.45) is 0. The number of rotatable bonds is 7. The Morgan fingerprint density at radius 2 is 1.80 bits per heavy atom. The van der Waals surface area contributed by atoms with Gasteiger partial charge >= 0.3 is 5.97 Å². The number of carbonyl (C=O) groups excluding carboxylic acids is 2. The van der Waals surface area contributed by atoms with Crippen molar-refractivity contribution in [3.05, 3.63) is 82.5 Å². The number of hydrogen-bond donors (Lipinski definition) is 1. The van der Waals surface area contributed by atoms with E-state index in [1.165, 1.54) is 11.3 Å². The summed E-state index contributed by atoms with van der Waals surface area (Å²) in [5, 5.41) is 9.12. The summed E-state index contributed by atoms with van der Waals surface area (Å²) in [6, 6.07) is 19.3. The number of amides is 1. The third-order valence-electron chi connectivity index (χ3n) is 3.95. The Morgan fingerprint density at radius 1 is 1.00 bits per heavy atom. The van der Waals surface area contributed by atoms with Crippen LogP contribution in [-0.2, 0) is 9.53 Å². The lowest BCUT2D eigenvalue weighted by Crippen LogP contribution is -2.21. The minimum absolute atomic E-state index is 0.203. The maximum atomic E-state index is 12.3. The smallest absolute Gasteiger partial charge is 0.358 e. The lowest BCUT2D eigenvalue weighted by atomic mass is 10.3. The topological polar surface area (TPSA) is 68.3 Å². The molecule has 4 rings (SSSR count). The lowest BCUT2D eigenvalue weighted by molar-refractivity contribution is -0.119. The minimum Gasteiger partial charge on any atom is -0.451 e. The van der Waals surface area contributed by atoms with E-state index in [9.17, 15) is 9.59 Å². The molecule has 0 aliphatic carbocycles. The average Bonchev–Trinajstić information content (AvgIpc) is 3.46. The second-order valence-corrected chi connectivity index (χ2v) is 8.84. The number of thiophene rings is 1. The molecule has 0 aliphatic heterocycles. The van der Waals surface area contributed by atoms with Crippen LogP contribution in [0.5, 0.6) is 0 Å². The number of nitrogens with zero attached hydrogens (tertiary/aromatic N) is 1. The molecule has 8 heteroatoms. The molecule has 0 radical (unpaired) electrons. The van der Waals surface area contributed by atoms with Gasteiger partial charge in [-0.2, -0.15) is 11.3 Å². The summed E-state index contributed by atoms with van der Waals surface area (Å²) in [6.45, 7) is -0.380. The Bertz CT molecular complexity index is 1140. The number of anilines is 1. The second-order valence-electron chi connectivity index (χ2n) is 6.09. The van der Waals surface area contributed by atoms with E-state index in [0.717, 1.165) is 20.4 Å². The van der Waals surface area contributed by atoms with E-state index in [4.69, 9.17) is 4.74 Å². The molecule has 0 saturated heterocycles. The fraction of sp³-hybridized carbons (Fsp3) is 0.0455. The number of benzene rings is 2. The quantitative estimate of drug-likeness (QED) is 0.358. The number of esters is 1. The predicted octanol–water partition coefficient (Wildman–Crippen LogP) is 5.82. The van der Waals surface area contributed by atoms with Crippen LogP contribution in [0, 0.1) is 0 Å². The number of nitrogens with one attached hydrogen (secondary N) is 1. The van der Waals surface area contributed by atoms with Crippen LogP contribution in [0.15, 0.2) is 86.6 Å². The molecule has 2 aromatic heterocycles. The van der Waals surface area contributed by atoms with Crippen LogP contribution in [0.3, 0.4) is 0 Å². The Morgan fingerprint density at radius 3 is 2.60 bits per heavy atom. The highest BCUT2D eigenvalue weighted by Crippen LogP contribution is 2.33. The van der Waals surface area contributed by atoms with Crippen LogP contribution < -0.4 is 5.32 Å². The van der Waals surface area contributed by atoms with Crippen LogP contribution in [0.4, 0.5) is 5.69 Å². The highest BCUT2D eigenvalue weighted by Gasteiger charge is 2.16. The molecular formula is C22H16N2O3S3. The van der Waals surface area contributed by atoms with Crippen LogP contribution >= 0.6 is 34.4 Å². The first-order valence-electron chi connectivity index (χ1n) is 8.96. The van der Waals surface area contributed by atoms with Crippen LogP contribution in [0.1, 0.15) is 10.5 Å². The van der Waals surface area contributed by atoms with Gasteiger partial charge in [0.1, 0.15) is 5.01 Å². The maximum Gasteiger partial charge on any atom is 0.358 e. The molecule has 4 aromatic rings. The van der Waals surface area contributed by atoms with Crippen molar-refractivity contribution in [3.8, 4) is 10.6 Å². The summed E-state index contributed by atoms with van der Waals surface area (Å²) in [4.78, 5) is 30.8. The molecule has 0 atom stereocenters. The molecule has 1 N–H and O–H groups in total. The third-order valence-corrected chi connectivity index (χ3v) is 6.61. The van der Waals surface area contributed by atoms with Gasteiger partial charge in [-0.3, -0.25) is 4.79 Å². The van der Waals surface area contributed by atoms with Crippen LogP contribution in [0.2, 0.25) is 0 Å². The van der Waals surface area contributed by atoms with Crippen molar-refractivity contribution in [2.45, 2.75) is 9.79 Å². The zero-order valence-corrected chi connectivity index (χ0v) is 18.1. The largest absolute Gasteiger partial charge is 0.451 e. The molecule has 0 saturated carbocycles. The van der Waals surface area contributed by atoms with E-state index >= 15 is 0 Å². The molecule has 0 spiro atoms. The number of ether oxygens (including phenoxy) is 1. The minimum atomic E-state index is -0.616. The van der Waals surface area contributed by atoms with Crippen molar-refractivity contribution < 1.29 is 14.3 Å². The third kappa shape index (κ3) is 5.15. The average molecular weight is 453 g/mol. The number of aromatic nitrogens is 1. The summed E-state index contributed by atoms with van der Waals surface area (Å²) >= 11 is 4.48. The Hall–Kier alpha value is -2.94. The first-order valence-corrected chi connectivity index (χ1v) is 11.6. The van der Waals surface area contributed by atoms with Crippen molar-refractivity contribution in [3.63, 3.8) is 0 Å². The molecular weight excluding hydrogens is 436 g/mol. The van der Waals surface area contributed by atoms with Crippen LogP contribution in [-0.4, -0.2) is 23.5 Å². The summed E-state index contributed by atoms with van der Waals surface area (Å²) in [5.74, 6) is -1.02. The molecule has 1 amide bonds.